The van der Waals surface area contributed by atoms with Crippen LogP contribution in [0.4, 0.5) is 37.8 Å². The first-order valence-corrected chi connectivity index (χ1v) is 12.9. The molecule has 0 spiro atoms. The van der Waals surface area contributed by atoms with Crippen LogP contribution >= 0.6 is 0 Å². The Morgan fingerprint density at radius 1 is 1.16 bits per heavy atom. The smallest absolute Gasteiger partial charge is 0.426 e. The molecule has 236 valence electrons. The second kappa shape index (κ2) is 11.9. The Bertz CT molecular complexity index is 1560. The fraction of sp³-hybridized carbons (Fsp3) is 0.407. The van der Waals surface area contributed by atoms with Gasteiger partial charge in [0.05, 0.1) is 11.5 Å². The number of rotatable bonds is 5. The number of nitrogens with one attached hydrogen (secondary N) is 1. The maximum absolute atomic E-state index is 15.0. The predicted octanol–water partition coefficient (Wildman–Crippen LogP) is 6.51. The number of carbonyl (C=O) groups is 1. The van der Waals surface area contributed by atoms with E-state index in [0.717, 1.165) is 19.1 Å². The molecule has 0 saturated heterocycles. The number of fused-ring (bicyclic) bond motifs is 5. The topological polar surface area (TPSA) is 143 Å². The molecule has 0 fully saturated rings. The second-order valence-electron chi connectivity index (χ2n) is 10.5. The summed E-state index contributed by atoms with van der Waals surface area (Å²) in [5.74, 6) is -3.86. The standard InChI is InChI=1S/C27H25F6N5O6/c1-15(39)43-17-10-7-11-25(27(31,32)33,42-14-16-8-5-4-6-9-16)23-37-36-22(44-23)20-19(38(40)41)12-18(26(28,29)30)21(34-20)35-24(2,3)13-17/h4-10,12,17H,11,13-14H2,1-3H3,(H,34,35)/b10-7-/t17?,25-/m1/s1. The highest BCUT2D eigenvalue weighted by Crippen LogP contribution is 2.47. The number of nitrogens with zero attached hydrogens (tertiary/aromatic N) is 4. The molecule has 4 rings (SSSR count). The van der Waals surface area contributed by atoms with Crippen LogP contribution in [0, 0.1) is 10.1 Å². The molecule has 1 aliphatic rings. The van der Waals surface area contributed by atoms with Crippen molar-refractivity contribution in [2.75, 3.05) is 5.32 Å². The van der Waals surface area contributed by atoms with Gasteiger partial charge in [-0.2, -0.15) is 26.3 Å². The average molecular weight is 630 g/mol. The number of alkyl halides is 6. The van der Waals surface area contributed by atoms with E-state index in [1.54, 1.807) is 18.2 Å². The Morgan fingerprint density at radius 2 is 1.84 bits per heavy atom. The van der Waals surface area contributed by atoms with Crippen molar-refractivity contribution in [2.24, 2.45) is 0 Å². The number of pyridine rings is 1. The van der Waals surface area contributed by atoms with E-state index >= 15 is 0 Å². The number of nitro groups is 1. The lowest BCUT2D eigenvalue weighted by atomic mass is 9.93. The van der Waals surface area contributed by atoms with E-state index < -0.39 is 88.1 Å². The quantitative estimate of drug-likeness (QED) is 0.109. The van der Waals surface area contributed by atoms with Crippen LogP contribution in [0.2, 0.25) is 0 Å². The lowest BCUT2D eigenvalue weighted by molar-refractivity contribution is -0.384. The van der Waals surface area contributed by atoms with Crippen molar-refractivity contribution in [3.05, 3.63) is 75.7 Å². The molecule has 0 saturated carbocycles. The molecule has 2 atom stereocenters. The minimum atomic E-state index is -5.24. The first-order valence-electron chi connectivity index (χ1n) is 12.9. The van der Waals surface area contributed by atoms with Crippen LogP contribution in [0.1, 0.15) is 50.6 Å². The third kappa shape index (κ3) is 6.98. The summed E-state index contributed by atoms with van der Waals surface area (Å²) in [5, 5.41) is 21.4. The van der Waals surface area contributed by atoms with Crippen LogP contribution in [-0.4, -0.2) is 43.9 Å². The lowest BCUT2D eigenvalue weighted by Gasteiger charge is -2.33. The second-order valence-corrected chi connectivity index (χ2v) is 10.5. The van der Waals surface area contributed by atoms with Crippen LogP contribution in [-0.2, 0) is 32.7 Å². The van der Waals surface area contributed by atoms with Crippen molar-refractivity contribution in [1.82, 2.24) is 15.2 Å². The number of hydrogen-bond donors (Lipinski definition) is 1. The van der Waals surface area contributed by atoms with Crippen LogP contribution in [0.5, 0.6) is 0 Å². The van der Waals surface area contributed by atoms with Gasteiger partial charge in [0.1, 0.15) is 17.5 Å². The fourth-order valence-corrected chi connectivity index (χ4v) is 4.52. The molecule has 0 amide bonds. The van der Waals surface area contributed by atoms with Crippen LogP contribution in [0.25, 0.3) is 11.6 Å². The normalized spacial score (nSPS) is 21.1. The van der Waals surface area contributed by atoms with E-state index in [4.69, 9.17) is 13.9 Å². The van der Waals surface area contributed by atoms with Gasteiger partial charge in [-0.05, 0) is 25.5 Å². The van der Waals surface area contributed by atoms with Crippen molar-refractivity contribution >= 4 is 17.5 Å². The Balaban J connectivity index is 1.99. The molecule has 0 aliphatic carbocycles. The number of halogens is 6. The monoisotopic (exact) mass is 629 g/mol. The highest BCUT2D eigenvalue weighted by atomic mass is 19.4. The van der Waals surface area contributed by atoms with E-state index in [1.165, 1.54) is 26.0 Å². The van der Waals surface area contributed by atoms with Crippen LogP contribution in [0.3, 0.4) is 0 Å². The molecule has 11 nitrogen and oxygen atoms in total. The SMILES string of the molecule is CC(=O)OC1/C=C\C[C@](OCc2ccccc2)(C(F)(F)F)c2nnc(o2)-c2nc(c(C(F)(F)F)cc2[N+](=O)[O-])NC(C)(C)C1. The van der Waals surface area contributed by atoms with Gasteiger partial charge >= 0.3 is 24.0 Å². The summed E-state index contributed by atoms with van der Waals surface area (Å²) < 4.78 is 103. The Morgan fingerprint density at radius 3 is 2.43 bits per heavy atom. The molecule has 0 radical (unpaired) electrons. The molecular weight excluding hydrogens is 604 g/mol. The Hall–Kier alpha value is -4.54. The van der Waals surface area contributed by atoms with E-state index in [0.29, 0.717) is 5.56 Å². The van der Waals surface area contributed by atoms with Gasteiger partial charge in [0.25, 0.3) is 11.8 Å². The predicted molar refractivity (Wildman–Crippen MR) is 140 cm³/mol. The Labute approximate surface area is 245 Å². The molecule has 1 N–H and O–H groups in total. The van der Waals surface area contributed by atoms with Gasteiger partial charge in [0, 0.05) is 31.4 Å². The zero-order valence-corrected chi connectivity index (χ0v) is 23.3. The van der Waals surface area contributed by atoms with Gasteiger partial charge in [0.2, 0.25) is 11.3 Å². The van der Waals surface area contributed by atoms with Gasteiger partial charge in [-0.15, -0.1) is 10.2 Å². The molecule has 3 heterocycles. The minimum Gasteiger partial charge on any atom is -0.458 e. The molecule has 1 aliphatic heterocycles. The first kappa shape index (κ1) is 32.4. The summed E-state index contributed by atoms with van der Waals surface area (Å²) in [6, 6.07) is 7.97. The minimum absolute atomic E-state index is 0.169. The number of benzene rings is 1. The van der Waals surface area contributed by atoms with Crippen LogP contribution in [0.15, 0.2) is 53.0 Å². The zero-order valence-electron chi connectivity index (χ0n) is 23.3. The summed E-state index contributed by atoms with van der Waals surface area (Å²) in [5.41, 5.74) is -8.07. The third-order valence-corrected chi connectivity index (χ3v) is 6.51. The largest absolute Gasteiger partial charge is 0.458 e. The highest BCUT2D eigenvalue weighted by Gasteiger charge is 2.61. The summed E-state index contributed by atoms with van der Waals surface area (Å²) in [6.07, 6.45) is -10.7. The summed E-state index contributed by atoms with van der Waals surface area (Å²) >= 11 is 0. The van der Waals surface area contributed by atoms with Gasteiger partial charge in [-0.25, -0.2) is 4.98 Å². The molecular formula is C27H25F6N5O6. The summed E-state index contributed by atoms with van der Waals surface area (Å²) in [7, 11) is 0. The maximum atomic E-state index is 15.0. The van der Waals surface area contributed by atoms with E-state index in [2.05, 4.69) is 20.5 Å². The van der Waals surface area contributed by atoms with E-state index in [9.17, 15) is 41.3 Å². The molecule has 2 aromatic heterocycles. The molecule has 4 bridgehead atoms. The summed E-state index contributed by atoms with van der Waals surface area (Å²) in [6.45, 7) is 3.29. The first-order chi connectivity index (χ1) is 20.4. The van der Waals surface area contributed by atoms with E-state index in [1.807, 2.05) is 0 Å². The zero-order chi connectivity index (χ0) is 32.5. The van der Waals surface area contributed by atoms with Crippen molar-refractivity contribution in [1.29, 1.82) is 0 Å². The third-order valence-electron chi connectivity index (χ3n) is 6.51. The number of ether oxygens (including phenoxy) is 2. The van der Waals surface area contributed by atoms with E-state index in [-0.39, 0.29) is 12.5 Å². The van der Waals surface area contributed by atoms with Gasteiger partial charge < -0.3 is 19.2 Å². The van der Waals surface area contributed by atoms with Gasteiger partial charge in [-0.3, -0.25) is 14.9 Å². The number of hydrogen-bond acceptors (Lipinski definition) is 10. The van der Waals surface area contributed by atoms with Crippen molar-refractivity contribution < 1.29 is 50.0 Å². The molecule has 1 aromatic carbocycles. The number of esters is 1. The molecule has 3 aromatic rings. The number of aromatic nitrogens is 3. The molecule has 44 heavy (non-hydrogen) atoms. The highest BCUT2D eigenvalue weighted by molar-refractivity contribution is 5.68. The van der Waals surface area contributed by atoms with Gasteiger partial charge in [-0.1, -0.05) is 36.4 Å². The van der Waals surface area contributed by atoms with Crippen molar-refractivity contribution in [2.45, 2.75) is 69.8 Å². The number of carbonyl (C=O) groups excluding carboxylic acids is 1. The fourth-order valence-electron chi connectivity index (χ4n) is 4.52. The molecule has 1 unspecified atom stereocenters. The number of anilines is 1. The molecule has 17 heteroatoms. The Kier molecular flexibility index (Phi) is 8.73. The van der Waals surface area contributed by atoms with Crippen molar-refractivity contribution in [3.63, 3.8) is 0 Å². The maximum Gasteiger partial charge on any atom is 0.426 e. The van der Waals surface area contributed by atoms with Crippen LogP contribution < -0.4 is 5.32 Å². The summed E-state index contributed by atoms with van der Waals surface area (Å²) in [4.78, 5) is 26.2. The lowest BCUT2D eigenvalue weighted by Crippen LogP contribution is -2.45. The average Bonchev–Trinajstić information content (AvgIpc) is 3.38. The van der Waals surface area contributed by atoms with Crippen molar-refractivity contribution in [3.8, 4) is 11.6 Å². The van der Waals surface area contributed by atoms with Gasteiger partial charge in [0.15, 0.2) is 0 Å².